The molecular weight excluding hydrogens is 498 g/mol. The molecule has 0 heterocycles. The number of phenols is 1. The van der Waals surface area contributed by atoms with E-state index >= 15 is 0 Å². The zero-order valence-corrected chi connectivity index (χ0v) is 19.7. The number of hydrogen-bond donors (Lipinski definition) is 1. The van der Waals surface area contributed by atoms with Crippen molar-refractivity contribution in [2.24, 2.45) is 0 Å². The van der Waals surface area contributed by atoms with Gasteiger partial charge in [-0.1, -0.05) is 35.9 Å². The molecule has 1 aliphatic rings. The number of benzene rings is 3. The molecule has 3 aromatic carbocycles. The number of hydrogen-bond acceptors (Lipinski definition) is 8. The number of ether oxygens (including phenoxy) is 2. The van der Waals surface area contributed by atoms with Crippen LogP contribution in [0.4, 0.5) is 11.4 Å². The Morgan fingerprint density at radius 1 is 1.06 bits per heavy atom. The fourth-order valence-corrected chi connectivity index (χ4v) is 4.43. The van der Waals surface area contributed by atoms with Gasteiger partial charge in [-0.3, -0.25) is 18.1 Å². The van der Waals surface area contributed by atoms with Gasteiger partial charge in [0, 0.05) is 21.7 Å². The molecule has 35 heavy (non-hydrogen) atoms. The van der Waals surface area contributed by atoms with Crippen LogP contribution in [0.1, 0.15) is 38.8 Å². The highest BCUT2D eigenvalue weighted by atomic mass is 35.5. The van der Waals surface area contributed by atoms with E-state index in [0.29, 0.717) is 5.02 Å². The Labute approximate surface area is 207 Å². The van der Waals surface area contributed by atoms with Crippen molar-refractivity contribution in [2.45, 2.75) is 6.92 Å². The van der Waals surface area contributed by atoms with E-state index in [4.69, 9.17) is 21.1 Å². The van der Waals surface area contributed by atoms with Gasteiger partial charge < -0.3 is 19.1 Å². The highest BCUT2D eigenvalue weighted by Crippen LogP contribution is 2.47. The number of halogens is 1. The van der Waals surface area contributed by atoms with Crippen LogP contribution in [0.5, 0.6) is 11.5 Å². The molecule has 0 bridgehead atoms. The Morgan fingerprint density at radius 2 is 1.69 bits per heavy atom. The van der Waals surface area contributed by atoms with Crippen molar-refractivity contribution < 1.29 is 37.7 Å². The van der Waals surface area contributed by atoms with E-state index in [9.17, 15) is 28.3 Å². The predicted octanol–water partition coefficient (Wildman–Crippen LogP) is 3.70. The first-order chi connectivity index (χ1) is 16.7. The number of phenolic OH excluding ortho intramolecular Hbond substituents is 1. The quantitative estimate of drug-likeness (QED) is 0.291. The molecule has 0 aromatic heterocycles. The molecule has 1 atom stereocenters. The predicted molar refractivity (Wildman–Crippen MR) is 126 cm³/mol. The summed E-state index contributed by atoms with van der Waals surface area (Å²) in [7, 11) is 0. The number of anilines is 2. The van der Waals surface area contributed by atoms with E-state index < -0.39 is 46.9 Å². The Bertz CT molecular complexity index is 1370. The SMILES string of the molecule is CCOC(=O)COc1c(N(c2ccc(Cl)cc2)S(=O)[O-])cc2c(c1O)C(=O)c1ccccc1C2=O. The van der Waals surface area contributed by atoms with Gasteiger partial charge in [0.2, 0.25) is 0 Å². The third-order valence-corrected chi connectivity index (χ3v) is 6.15. The summed E-state index contributed by atoms with van der Waals surface area (Å²) in [6, 6.07) is 12.9. The second kappa shape index (κ2) is 9.87. The maximum absolute atomic E-state index is 13.2. The van der Waals surface area contributed by atoms with Crippen LogP contribution in [0.3, 0.4) is 0 Å². The maximum Gasteiger partial charge on any atom is 0.344 e. The van der Waals surface area contributed by atoms with Crippen LogP contribution in [0, 0.1) is 0 Å². The highest BCUT2D eigenvalue weighted by Gasteiger charge is 2.36. The average molecular weight is 515 g/mol. The third kappa shape index (κ3) is 4.51. The van der Waals surface area contributed by atoms with Crippen molar-refractivity contribution in [1.82, 2.24) is 0 Å². The van der Waals surface area contributed by atoms with Crippen LogP contribution in [0.15, 0.2) is 54.6 Å². The van der Waals surface area contributed by atoms with Crippen LogP contribution in [-0.2, 0) is 20.8 Å². The molecule has 0 saturated carbocycles. The molecule has 0 aliphatic heterocycles. The second-order valence-electron chi connectivity index (χ2n) is 7.28. The Hall–Kier alpha value is -3.73. The molecule has 1 N–H and O–H groups in total. The van der Waals surface area contributed by atoms with Crippen molar-refractivity contribution in [3.8, 4) is 11.5 Å². The first kappa shape index (κ1) is 24.4. The largest absolute Gasteiger partial charge is 0.755 e. The lowest BCUT2D eigenvalue weighted by atomic mass is 9.83. The highest BCUT2D eigenvalue weighted by molar-refractivity contribution is 7.81. The van der Waals surface area contributed by atoms with E-state index in [0.717, 1.165) is 10.4 Å². The molecule has 0 radical (unpaired) electrons. The number of rotatable bonds is 7. The van der Waals surface area contributed by atoms with Crippen LogP contribution < -0.4 is 9.04 Å². The Balaban J connectivity index is 1.95. The van der Waals surface area contributed by atoms with E-state index in [1.807, 2.05) is 0 Å². The maximum atomic E-state index is 13.2. The summed E-state index contributed by atoms with van der Waals surface area (Å²) in [6.07, 6.45) is 0. The summed E-state index contributed by atoms with van der Waals surface area (Å²) < 4.78 is 35.7. The molecule has 0 amide bonds. The van der Waals surface area contributed by atoms with E-state index in [-0.39, 0.29) is 40.2 Å². The molecule has 0 fully saturated rings. The van der Waals surface area contributed by atoms with Crippen LogP contribution >= 0.6 is 11.6 Å². The Kier molecular flexibility index (Phi) is 6.88. The molecule has 11 heteroatoms. The molecule has 3 aromatic rings. The van der Waals surface area contributed by atoms with Crippen molar-refractivity contribution in [3.63, 3.8) is 0 Å². The summed E-state index contributed by atoms with van der Waals surface area (Å²) in [5, 5.41) is 11.4. The number of aromatic hydroxyl groups is 1. The van der Waals surface area contributed by atoms with Crippen molar-refractivity contribution in [2.75, 3.05) is 17.5 Å². The average Bonchev–Trinajstić information content (AvgIpc) is 2.83. The second-order valence-corrected chi connectivity index (χ2v) is 8.52. The summed E-state index contributed by atoms with van der Waals surface area (Å²) >= 11 is 2.94. The van der Waals surface area contributed by atoms with Gasteiger partial charge in [0.25, 0.3) is 0 Å². The van der Waals surface area contributed by atoms with Gasteiger partial charge in [-0.2, -0.15) is 0 Å². The minimum atomic E-state index is -2.98. The lowest BCUT2D eigenvalue weighted by molar-refractivity contribution is -0.145. The van der Waals surface area contributed by atoms with Gasteiger partial charge in [-0.05, 0) is 37.3 Å². The Morgan fingerprint density at radius 3 is 2.29 bits per heavy atom. The van der Waals surface area contributed by atoms with Gasteiger partial charge in [-0.25, -0.2) is 4.79 Å². The minimum absolute atomic E-state index is 0.0659. The number of ketones is 2. The monoisotopic (exact) mass is 514 g/mol. The van der Waals surface area contributed by atoms with Crippen LogP contribution in [0.2, 0.25) is 5.02 Å². The normalized spacial score (nSPS) is 13.0. The lowest BCUT2D eigenvalue weighted by Gasteiger charge is -2.30. The smallest absolute Gasteiger partial charge is 0.344 e. The number of nitrogens with zero attached hydrogens (tertiary/aromatic N) is 1. The summed E-state index contributed by atoms with van der Waals surface area (Å²) in [5.41, 5.74) is -0.582. The molecule has 1 aliphatic carbocycles. The zero-order chi connectivity index (χ0) is 25.3. The minimum Gasteiger partial charge on any atom is -0.755 e. The van der Waals surface area contributed by atoms with Crippen molar-refractivity contribution >= 4 is 51.8 Å². The van der Waals surface area contributed by atoms with Gasteiger partial charge in [0.1, 0.15) is 5.69 Å². The van der Waals surface area contributed by atoms with Crippen molar-refractivity contribution in [3.05, 3.63) is 81.9 Å². The van der Waals surface area contributed by atoms with Gasteiger partial charge in [0.05, 0.1) is 29.1 Å². The summed E-state index contributed by atoms with van der Waals surface area (Å²) in [4.78, 5) is 38.3. The number of carbonyl (C=O) groups excluding carboxylic acids is 3. The van der Waals surface area contributed by atoms with Gasteiger partial charge in [0.15, 0.2) is 29.7 Å². The summed E-state index contributed by atoms with van der Waals surface area (Å²) in [5.74, 6) is -3.29. The molecule has 1 unspecified atom stereocenters. The number of esters is 1. The first-order valence-electron chi connectivity index (χ1n) is 10.3. The topological polar surface area (TPSA) is 133 Å². The van der Waals surface area contributed by atoms with E-state index in [1.165, 1.54) is 36.4 Å². The van der Waals surface area contributed by atoms with Crippen LogP contribution in [-0.4, -0.2) is 44.6 Å². The fraction of sp³-hybridized carbons (Fsp3) is 0.125. The number of fused-ring (bicyclic) bond motifs is 2. The molecule has 180 valence electrons. The van der Waals surface area contributed by atoms with E-state index in [2.05, 4.69) is 0 Å². The third-order valence-electron chi connectivity index (χ3n) is 5.19. The van der Waals surface area contributed by atoms with Gasteiger partial charge in [-0.15, -0.1) is 0 Å². The standard InChI is InChI=1S/C24H18ClNO8S/c1-2-33-19(27)12-34-24-18(26(35(31)32)14-9-7-13(25)8-10-14)11-17-20(23(24)30)22(29)16-6-4-3-5-15(16)21(17)28/h3-11,30H,2,12H2,1H3,(H,31,32)/p-1. The van der Waals surface area contributed by atoms with E-state index in [1.54, 1.807) is 19.1 Å². The fourth-order valence-electron chi connectivity index (χ4n) is 3.71. The lowest BCUT2D eigenvalue weighted by Crippen LogP contribution is -2.25. The molecular formula is C24H17ClNO8S-. The van der Waals surface area contributed by atoms with Crippen molar-refractivity contribution in [1.29, 1.82) is 0 Å². The summed E-state index contributed by atoms with van der Waals surface area (Å²) in [6.45, 7) is 0.965. The molecule has 0 spiro atoms. The zero-order valence-electron chi connectivity index (χ0n) is 18.1. The first-order valence-corrected chi connectivity index (χ1v) is 11.7. The number of carbonyl (C=O) groups is 3. The van der Waals surface area contributed by atoms with Gasteiger partial charge >= 0.3 is 5.97 Å². The molecule has 9 nitrogen and oxygen atoms in total. The molecule has 0 saturated heterocycles. The van der Waals surface area contributed by atoms with Crippen LogP contribution in [0.25, 0.3) is 0 Å². The molecule has 4 rings (SSSR count).